The molecule has 0 atom stereocenters. The summed E-state index contributed by atoms with van der Waals surface area (Å²) in [5, 5.41) is 0. The summed E-state index contributed by atoms with van der Waals surface area (Å²) in [7, 11) is 0.766. The van der Waals surface area contributed by atoms with Gasteiger partial charge in [0.25, 0.3) is 0 Å². The molecule has 0 aromatic heterocycles. The molecule has 0 heterocycles. The van der Waals surface area contributed by atoms with E-state index in [4.69, 9.17) is 0 Å². The largest absolute Gasteiger partial charge is 4.00 e. The van der Waals surface area contributed by atoms with Crippen molar-refractivity contribution in [2.75, 3.05) is 39.0 Å². The van der Waals surface area contributed by atoms with Gasteiger partial charge in [-0.3, -0.25) is 0 Å². The number of hydrogen-bond acceptors (Lipinski definition) is 0. The predicted molar refractivity (Wildman–Crippen MR) is 171 cm³/mol. The zero-order valence-electron chi connectivity index (χ0n) is 23.2. The monoisotopic (exact) mass is 746 g/mol. The second kappa shape index (κ2) is 26.2. The van der Waals surface area contributed by atoms with Gasteiger partial charge in [-0.2, -0.15) is 98.5 Å². The molecule has 0 saturated carbocycles. The third kappa shape index (κ3) is 29.0. The molecule has 0 amide bonds. The minimum absolute atomic E-state index is 0. The fourth-order valence-corrected chi connectivity index (χ4v) is 5.51. The standard InChI is InChI=1S/4C7H7.C6H16P2.Th/c4*1-7-5-3-2-4-6-7;1-7(2)5-6-8(3)4;/h4*2-6H,1H2;5-6H2,1-4H3;/q4*-1;;+4. The van der Waals surface area contributed by atoms with Gasteiger partial charge in [0.15, 0.2) is 0 Å². The van der Waals surface area contributed by atoms with E-state index >= 15 is 0 Å². The molecule has 4 aromatic rings. The van der Waals surface area contributed by atoms with Crippen LogP contribution in [0, 0.1) is 67.6 Å². The molecule has 0 spiro atoms. The van der Waals surface area contributed by atoms with Crippen molar-refractivity contribution in [1.29, 1.82) is 0 Å². The smallest absolute Gasteiger partial charge is 0.199 e. The first-order valence-corrected chi connectivity index (χ1v) is 16.8. The molecule has 0 nitrogen and oxygen atoms in total. The van der Waals surface area contributed by atoms with Crippen LogP contribution in [0.2, 0.25) is 0 Å². The molecule has 0 aliphatic heterocycles. The van der Waals surface area contributed by atoms with Gasteiger partial charge in [0.1, 0.15) is 0 Å². The summed E-state index contributed by atoms with van der Waals surface area (Å²) in [6.45, 7) is 24.3. The van der Waals surface area contributed by atoms with Gasteiger partial charge in [0.05, 0.1) is 0 Å². The Labute approximate surface area is 263 Å². The normalized spacial score (nSPS) is 8.92. The van der Waals surface area contributed by atoms with Gasteiger partial charge in [0.2, 0.25) is 0 Å². The molecule has 0 bridgehead atoms. The van der Waals surface area contributed by atoms with Gasteiger partial charge < -0.3 is 0 Å². The van der Waals surface area contributed by atoms with Crippen LogP contribution in [0.3, 0.4) is 0 Å². The number of hydrogen-bond donors (Lipinski definition) is 0. The van der Waals surface area contributed by atoms with Crippen molar-refractivity contribution >= 4 is 15.8 Å². The van der Waals surface area contributed by atoms with E-state index in [1.165, 1.54) is 12.3 Å². The summed E-state index contributed by atoms with van der Waals surface area (Å²) in [6, 6.07) is 39.5. The molecule has 4 rings (SSSR count). The molecule has 0 radical (unpaired) electrons. The molecule has 194 valence electrons. The van der Waals surface area contributed by atoms with Crippen LogP contribution in [-0.4, -0.2) is 39.0 Å². The van der Waals surface area contributed by atoms with Crippen LogP contribution in [0.25, 0.3) is 0 Å². The number of rotatable bonds is 3. The van der Waals surface area contributed by atoms with E-state index in [2.05, 4.69) is 54.4 Å². The fourth-order valence-electron chi connectivity index (χ4n) is 2.31. The predicted octanol–water partition coefficient (Wildman–Crippen LogP) is 9.94. The van der Waals surface area contributed by atoms with Gasteiger partial charge in [0, 0.05) is 0 Å². The summed E-state index contributed by atoms with van der Waals surface area (Å²) < 4.78 is 0. The fraction of sp³-hybridized carbons (Fsp3) is 0.176. The Bertz CT molecular complexity index is 800. The first kappa shape index (κ1) is 37.7. The van der Waals surface area contributed by atoms with Crippen LogP contribution in [0.5, 0.6) is 0 Å². The summed E-state index contributed by atoms with van der Waals surface area (Å²) >= 11 is 0. The molecule has 0 saturated heterocycles. The second-order valence-electron chi connectivity index (χ2n) is 8.55. The Balaban J connectivity index is 0. The SMILES string of the molecule is CP(C)CCP(C)C.[CH2-]c1ccccc1.[CH2-]c1ccccc1.[CH2-]c1ccccc1.[CH2-]c1ccccc1.[Th+4]. The first-order valence-electron chi connectivity index (χ1n) is 12.0. The van der Waals surface area contributed by atoms with Gasteiger partial charge in [-0.05, 0) is 39.0 Å². The average molecular weight is 747 g/mol. The third-order valence-corrected chi connectivity index (χ3v) is 6.95. The molecule has 0 unspecified atom stereocenters. The molecule has 37 heavy (non-hydrogen) atoms. The Morgan fingerprint density at radius 1 is 0.378 bits per heavy atom. The van der Waals surface area contributed by atoms with Gasteiger partial charge in [-0.25, -0.2) is 0 Å². The molecule has 4 aromatic carbocycles. The van der Waals surface area contributed by atoms with Gasteiger partial charge >= 0.3 is 39.9 Å². The molecular weight excluding hydrogens is 702 g/mol. The minimum Gasteiger partial charge on any atom is -0.199 e. The quantitative estimate of drug-likeness (QED) is 0.145. The Kier molecular flexibility index (Phi) is 26.7. The maximum Gasteiger partial charge on any atom is 4.00 e. The van der Waals surface area contributed by atoms with E-state index < -0.39 is 0 Å². The average Bonchev–Trinajstić information content (AvgIpc) is 2.86. The van der Waals surface area contributed by atoms with E-state index in [0.717, 1.165) is 22.3 Å². The Morgan fingerprint density at radius 3 is 0.622 bits per heavy atom. The molecule has 0 aliphatic rings. The van der Waals surface area contributed by atoms with E-state index in [9.17, 15) is 0 Å². The Morgan fingerprint density at radius 2 is 0.541 bits per heavy atom. The van der Waals surface area contributed by atoms with Crippen molar-refractivity contribution < 1.29 is 39.9 Å². The summed E-state index contributed by atoms with van der Waals surface area (Å²) in [4.78, 5) is 0. The zero-order valence-corrected chi connectivity index (χ0v) is 29.1. The van der Waals surface area contributed by atoms with Gasteiger partial charge in [-0.15, -0.1) is 64.4 Å². The maximum absolute atomic E-state index is 3.72. The van der Waals surface area contributed by atoms with Gasteiger partial charge in [-0.1, -0.05) is 24.3 Å². The topological polar surface area (TPSA) is 0 Å². The Hall–Kier alpha value is -1.46. The van der Waals surface area contributed by atoms with Crippen LogP contribution in [-0.2, 0) is 0 Å². The van der Waals surface area contributed by atoms with Crippen LogP contribution < -0.4 is 0 Å². The van der Waals surface area contributed by atoms with Crippen molar-refractivity contribution in [3.63, 3.8) is 0 Å². The minimum atomic E-state index is 0. The van der Waals surface area contributed by atoms with Crippen molar-refractivity contribution in [2.24, 2.45) is 0 Å². The van der Waals surface area contributed by atoms with Crippen LogP contribution >= 0.6 is 15.8 Å². The van der Waals surface area contributed by atoms with Crippen molar-refractivity contribution in [3.8, 4) is 0 Å². The van der Waals surface area contributed by atoms with E-state index in [1.54, 1.807) is 0 Å². The van der Waals surface area contributed by atoms with E-state index in [-0.39, 0.29) is 39.9 Å². The van der Waals surface area contributed by atoms with Crippen LogP contribution in [0.15, 0.2) is 121 Å². The van der Waals surface area contributed by atoms with Crippen molar-refractivity contribution in [1.82, 2.24) is 0 Å². The summed E-state index contributed by atoms with van der Waals surface area (Å²) in [6.07, 6.45) is 2.96. The summed E-state index contributed by atoms with van der Waals surface area (Å²) in [5.74, 6) is 0. The van der Waals surface area contributed by atoms with Crippen molar-refractivity contribution in [3.05, 3.63) is 171 Å². The second-order valence-corrected chi connectivity index (χ2v) is 13.8. The van der Waals surface area contributed by atoms with Crippen LogP contribution in [0.1, 0.15) is 22.3 Å². The van der Waals surface area contributed by atoms with E-state index in [1.807, 2.05) is 121 Å². The molecular formula is C34H44P2Th. The molecule has 3 heteroatoms. The third-order valence-electron chi connectivity index (χ3n) is 4.37. The van der Waals surface area contributed by atoms with Crippen LogP contribution in [0.4, 0.5) is 0 Å². The van der Waals surface area contributed by atoms with E-state index in [0.29, 0.717) is 15.8 Å². The summed E-state index contributed by atoms with van der Waals surface area (Å²) in [5.41, 5.74) is 4.29. The number of benzene rings is 4. The molecule has 0 aliphatic carbocycles. The molecule has 0 N–H and O–H groups in total. The first-order chi connectivity index (χ1) is 17.2. The van der Waals surface area contributed by atoms with Crippen molar-refractivity contribution in [2.45, 2.75) is 0 Å². The zero-order chi connectivity index (χ0) is 27.0. The molecule has 0 fully saturated rings. The maximum atomic E-state index is 3.72.